The van der Waals surface area contributed by atoms with Crippen LogP contribution in [0.4, 0.5) is 0 Å². The summed E-state index contributed by atoms with van der Waals surface area (Å²) < 4.78 is 14.1. The highest BCUT2D eigenvalue weighted by Crippen LogP contribution is 2.37. The minimum absolute atomic E-state index is 0.404. The summed E-state index contributed by atoms with van der Waals surface area (Å²) in [6.45, 7) is 8.14. The average Bonchev–Trinajstić information content (AvgIpc) is 3.06. The fraction of sp³-hybridized carbons (Fsp3) is 0.333. The van der Waals surface area contributed by atoms with Crippen molar-refractivity contribution in [3.8, 4) is 5.69 Å². The van der Waals surface area contributed by atoms with Crippen molar-refractivity contribution in [3.05, 3.63) is 47.9 Å². The van der Waals surface area contributed by atoms with E-state index in [-0.39, 0.29) is 0 Å². The zero-order chi connectivity index (χ0) is 17.8. The first-order valence-corrected chi connectivity index (χ1v) is 8.60. The summed E-state index contributed by atoms with van der Waals surface area (Å²) >= 11 is 6.33. The topological polar surface area (TPSA) is 49.2 Å². The van der Waals surface area contributed by atoms with Gasteiger partial charge in [-0.25, -0.2) is 4.68 Å². The van der Waals surface area contributed by atoms with Crippen LogP contribution < -0.4 is 5.46 Å². The Morgan fingerprint density at radius 1 is 1.00 bits per heavy atom. The Hall–Kier alpha value is -1.89. The summed E-state index contributed by atoms with van der Waals surface area (Å²) in [7, 11) is -0.481. The van der Waals surface area contributed by atoms with Crippen LogP contribution in [-0.2, 0) is 9.31 Å². The number of hydrogen-bond acceptors (Lipinski definition) is 4. The fourth-order valence-electron chi connectivity index (χ4n) is 2.94. The van der Waals surface area contributed by atoms with E-state index in [2.05, 4.69) is 10.1 Å². The van der Waals surface area contributed by atoms with Gasteiger partial charge in [0.15, 0.2) is 0 Å². The quantitative estimate of drug-likeness (QED) is 0.661. The Bertz CT molecular complexity index is 938. The maximum Gasteiger partial charge on any atom is 0.497 e. The second-order valence-electron chi connectivity index (χ2n) is 7.26. The number of pyridine rings is 1. The summed E-state index contributed by atoms with van der Waals surface area (Å²) in [6, 6.07) is 7.60. The number of halogens is 1. The van der Waals surface area contributed by atoms with E-state index in [0.717, 1.165) is 22.1 Å². The van der Waals surface area contributed by atoms with Gasteiger partial charge < -0.3 is 9.31 Å². The van der Waals surface area contributed by atoms with Crippen LogP contribution in [0.3, 0.4) is 0 Å². The van der Waals surface area contributed by atoms with E-state index in [0.29, 0.717) is 5.02 Å². The van der Waals surface area contributed by atoms with Gasteiger partial charge in [0, 0.05) is 17.0 Å². The monoisotopic (exact) mass is 355 g/mol. The van der Waals surface area contributed by atoms with Crippen LogP contribution >= 0.6 is 11.6 Å². The molecule has 0 aliphatic carbocycles. The highest BCUT2D eigenvalue weighted by Gasteiger charge is 2.52. The molecule has 7 heteroatoms. The number of para-hydroxylation sites is 1. The molecule has 5 nitrogen and oxygen atoms in total. The van der Waals surface area contributed by atoms with Crippen LogP contribution in [0.2, 0.25) is 5.02 Å². The average molecular weight is 356 g/mol. The second-order valence-corrected chi connectivity index (χ2v) is 7.66. The molecular weight excluding hydrogens is 336 g/mol. The van der Waals surface area contributed by atoms with Gasteiger partial charge in [-0.3, -0.25) is 4.98 Å². The molecule has 4 rings (SSSR count). The molecule has 0 amide bonds. The largest absolute Gasteiger partial charge is 0.497 e. The highest BCUT2D eigenvalue weighted by atomic mass is 35.5. The van der Waals surface area contributed by atoms with E-state index in [4.69, 9.17) is 20.9 Å². The maximum atomic E-state index is 6.33. The van der Waals surface area contributed by atoms with Gasteiger partial charge in [0.05, 0.1) is 39.8 Å². The Kier molecular flexibility index (Phi) is 3.69. The minimum Gasteiger partial charge on any atom is -0.399 e. The van der Waals surface area contributed by atoms with Crippen LogP contribution in [-0.4, -0.2) is 33.1 Å². The lowest BCUT2D eigenvalue weighted by atomic mass is 9.78. The first-order chi connectivity index (χ1) is 11.8. The van der Waals surface area contributed by atoms with E-state index >= 15 is 0 Å². The minimum atomic E-state index is -0.481. The number of rotatable bonds is 2. The summed E-state index contributed by atoms with van der Waals surface area (Å²) in [5.74, 6) is 0. The Balaban J connectivity index is 1.83. The van der Waals surface area contributed by atoms with Crippen molar-refractivity contribution in [2.75, 3.05) is 0 Å². The first kappa shape index (κ1) is 16.6. The number of nitrogens with zero attached hydrogens (tertiary/aromatic N) is 3. The number of benzene rings is 1. The Morgan fingerprint density at radius 3 is 2.36 bits per heavy atom. The lowest BCUT2D eigenvalue weighted by molar-refractivity contribution is 0.00578. The molecule has 0 unspecified atom stereocenters. The maximum absolute atomic E-state index is 6.33. The van der Waals surface area contributed by atoms with Crippen molar-refractivity contribution in [2.45, 2.75) is 38.9 Å². The summed E-state index contributed by atoms with van der Waals surface area (Å²) in [6.07, 6.45) is 5.37. The summed E-state index contributed by atoms with van der Waals surface area (Å²) in [5.41, 5.74) is 1.73. The molecular formula is C18H19BClN3O2. The molecule has 1 aromatic carbocycles. The van der Waals surface area contributed by atoms with Gasteiger partial charge in [-0.1, -0.05) is 23.7 Å². The van der Waals surface area contributed by atoms with Crippen LogP contribution in [0, 0.1) is 0 Å². The standard InChI is InChI=1S/C18H19BClN3O2/c1-17(2)18(3,4)25-19(24-17)13-10-21-11-16-12(13)9-22-23(16)15-8-6-5-7-14(15)20/h5-11H,1-4H3. The molecule has 0 atom stereocenters. The first-order valence-electron chi connectivity index (χ1n) is 8.22. The van der Waals surface area contributed by atoms with Crippen LogP contribution in [0.15, 0.2) is 42.9 Å². The molecule has 0 N–H and O–H groups in total. The Labute approximate surface area is 152 Å². The normalized spacial score (nSPS) is 18.8. The fourth-order valence-corrected chi connectivity index (χ4v) is 3.15. The third kappa shape index (κ3) is 2.56. The smallest absolute Gasteiger partial charge is 0.399 e. The molecule has 2 aromatic heterocycles. The second kappa shape index (κ2) is 5.56. The van der Waals surface area contributed by atoms with E-state index < -0.39 is 18.3 Å². The molecule has 0 spiro atoms. The van der Waals surface area contributed by atoms with Gasteiger partial charge in [0.25, 0.3) is 0 Å². The van der Waals surface area contributed by atoms with Crippen molar-refractivity contribution in [3.63, 3.8) is 0 Å². The lowest BCUT2D eigenvalue weighted by Crippen LogP contribution is -2.41. The van der Waals surface area contributed by atoms with E-state index in [1.165, 1.54) is 0 Å². The molecule has 0 saturated carbocycles. The molecule has 3 aromatic rings. The zero-order valence-corrected chi connectivity index (χ0v) is 15.4. The van der Waals surface area contributed by atoms with E-state index in [9.17, 15) is 0 Å². The molecule has 25 heavy (non-hydrogen) atoms. The van der Waals surface area contributed by atoms with E-state index in [1.807, 2.05) is 52.0 Å². The third-order valence-corrected chi connectivity index (χ3v) is 5.44. The molecule has 1 fully saturated rings. The zero-order valence-electron chi connectivity index (χ0n) is 14.7. The molecule has 1 saturated heterocycles. The molecule has 3 heterocycles. The highest BCUT2D eigenvalue weighted by molar-refractivity contribution is 6.65. The van der Waals surface area contributed by atoms with Crippen LogP contribution in [0.5, 0.6) is 0 Å². The van der Waals surface area contributed by atoms with Gasteiger partial charge in [0.1, 0.15) is 0 Å². The van der Waals surface area contributed by atoms with Gasteiger partial charge in [-0.2, -0.15) is 5.10 Å². The third-order valence-electron chi connectivity index (χ3n) is 5.12. The van der Waals surface area contributed by atoms with E-state index in [1.54, 1.807) is 23.3 Å². The Morgan fingerprint density at radius 2 is 1.68 bits per heavy atom. The van der Waals surface area contributed by atoms with Gasteiger partial charge >= 0.3 is 7.12 Å². The van der Waals surface area contributed by atoms with Crippen molar-refractivity contribution in [2.24, 2.45) is 0 Å². The lowest BCUT2D eigenvalue weighted by Gasteiger charge is -2.32. The number of hydrogen-bond donors (Lipinski definition) is 0. The molecule has 1 aliphatic heterocycles. The SMILES string of the molecule is CC1(C)OB(c2cncc3c2cnn3-c2ccccc2Cl)OC1(C)C. The van der Waals surface area contributed by atoms with Gasteiger partial charge in [-0.05, 0) is 39.8 Å². The predicted molar refractivity (Wildman–Crippen MR) is 99.6 cm³/mol. The van der Waals surface area contributed by atoms with Crippen LogP contribution in [0.25, 0.3) is 16.6 Å². The number of aromatic nitrogens is 3. The molecule has 128 valence electrons. The molecule has 1 aliphatic rings. The predicted octanol–water partition coefficient (Wildman–Crippen LogP) is 3.37. The van der Waals surface area contributed by atoms with Gasteiger partial charge in [-0.15, -0.1) is 0 Å². The van der Waals surface area contributed by atoms with Gasteiger partial charge in [0.2, 0.25) is 0 Å². The molecule has 0 bridgehead atoms. The van der Waals surface area contributed by atoms with Crippen molar-refractivity contribution in [1.82, 2.24) is 14.8 Å². The van der Waals surface area contributed by atoms with Crippen LogP contribution in [0.1, 0.15) is 27.7 Å². The van der Waals surface area contributed by atoms with Crippen molar-refractivity contribution in [1.29, 1.82) is 0 Å². The van der Waals surface area contributed by atoms with Crippen molar-refractivity contribution < 1.29 is 9.31 Å². The summed E-state index contributed by atoms with van der Waals surface area (Å²) in [4.78, 5) is 4.38. The summed E-state index contributed by atoms with van der Waals surface area (Å²) in [5, 5.41) is 6.08. The van der Waals surface area contributed by atoms with Crippen molar-refractivity contribution >= 4 is 35.1 Å². The number of fused-ring (bicyclic) bond motifs is 1. The molecule has 0 radical (unpaired) electrons.